The Balaban J connectivity index is 1.39. The fourth-order valence-corrected chi connectivity index (χ4v) is 6.18. The van der Waals surface area contributed by atoms with E-state index < -0.39 is 0 Å². The minimum Gasteiger partial charge on any atom is -0.342 e. The molecule has 2 heteroatoms. The van der Waals surface area contributed by atoms with Crippen LogP contribution in [0.1, 0.15) is 87.8 Å². The average molecular weight is 522 g/mol. The molecule has 1 aliphatic carbocycles. The Hall–Kier alpha value is -3.13. The first-order valence-electron chi connectivity index (χ1n) is 15.2. The maximum Gasteiger partial charge on any atom is 0.245 e. The van der Waals surface area contributed by atoms with Gasteiger partial charge >= 0.3 is 0 Å². The first-order chi connectivity index (χ1) is 19.0. The number of carbonyl (C=O) groups is 1. The van der Waals surface area contributed by atoms with Crippen molar-refractivity contribution in [3.63, 3.8) is 0 Å². The molecule has 1 amide bonds. The standard InChI is InChI=1S/C37H47NO/c1-5-8-9-10-28-11-15-31(16-12-28)32-19-21-34(22-20-32)36-24-23-35(27-30(36)6-2)33-17-13-29(14-18-33)25-26-38(4)37(39)7-3/h7,13-14,17-24,27-28,31H,3,5-6,8-12,15-16,25-26H2,1-2,4H3. The van der Waals surface area contributed by atoms with Gasteiger partial charge in [-0.1, -0.05) is 113 Å². The Kier molecular flexibility index (Phi) is 10.6. The molecule has 0 bridgehead atoms. The molecule has 0 atom stereocenters. The third-order valence-electron chi connectivity index (χ3n) is 8.82. The lowest BCUT2D eigenvalue weighted by Crippen LogP contribution is -2.26. The van der Waals surface area contributed by atoms with Gasteiger partial charge in [-0.25, -0.2) is 0 Å². The maximum absolute atomic E-state index is 11.7. The van der Waals surface area contributed by atoms with Crippen molar-refractivity contribution in [2.75, 3.05) is 13.6 Å². The number of benzene rings is 3. The zero-order valence-electron chi connectivity index (χ0n) is 24.4. The van der Waals surface area contributed by atoms with E-state index in [0.29, 0.717) is 6.54 Å². The highest BCUT2D eigenvalue weighted by Gasteiger charge is 2.22. The van der Waals surface area contributed by atoms with Crippen LogP contribution in [0.15, 0.2) is 79.4 Å². The smallest absolute Gasteiger partial charge is 0.245 e. The first-order valence-corrected chi connectivity index (χ1v) is 15.2. The molecule has 0 unspecified atom stereocenters. The highest BCUT2D eigenvalue weighted by molar-refractivity contribution is 5.86. The van der Waals surface area contributed by atoms with Gasteiger partial charge in [0.2, 0.25) is 5.91 Å². The average Bonchev–Trinajstić information content (AvgIpc) is 3.00. The molecule has 3 aromatic rings. The predicted molar refractivity (Wildman–Crippen MR) is 167 cm³/mol. The fourth-order valence-electron chi connectivity index (χ4n) is 6.18. The molecule has 2 nitrogen and oxygen atoms in total. The lowest BCUT2D eigenvalue weighted by atomic mass is 9.77. The third kappa shape index (κ3) is 7.72. The van der Waals surface area contributed by atoms with Crippen molar-refractivity contribution in [3.05, 3.63) is 96.1 Å². The van der Waals surface area contributed by atoms with E-state index in [-0.39, 0.29) is 5.91 Å². The molecular formula is C37H47NO. The molecule has 3 aromatic carbocycles. The van der Waals surface area contributed by atoms with Gasteiger partial charge in [-0.3, -0.25) is 4.79 Å². The summed E-state index contributed by atoms with van der Waals surface area (Å²) >= 11 is 0. The van der Waals surface area contributed by atoms with Crippen molar-refractivity contribution in [3.8, 4) is 22.3 Å². The van der Waals surface area contributed by atoms with Gasteiger partial charge in [0, 0.05) is 13.6 Å². The van der Waals surface area contributed by atoms with Crippen molar-refractivity contribution < 1.29 is 4.79 Å². The highest BCUT2D eigenvalue weighted by Crippen LogP contribution is 2.38. The van der Waals surface area contributed by atoms with Gasteiger partial charge in [0.25, 0.3) is 0 Å². The SMILES string of the molecule is C=CC(=O)N(C)CCc1ccc(-c2ccc(-c3ccc(C4CCC(CCCCC)CC4)cc3)c(CC)c2)cc1. The van der Waals surface area contributed by atoms with Crippen LogP contribution in [0.3, 0.4) is 0 Å². The number of nitrogens with zero attached hydrogens (tertiary/aromatic N) is 1. The monoisotopic (exact) mass is 521 g/mol. The van der Waals surface area contributed by atoms with Gasteiger partial charge in [-0.15, -0.1) is 0 Å². The Morgan fingerprint density at radius 2 is 1.54 bits per heavy atom. The summed E-state index contributed by atoms with van der Waals surface area (Å²) in [5.74, 6) is 1.66. The normalized spacial score (nSPS) is 17.1. The van der Waals surface area contributed by atoms with Gasteiger partial charge < -0.3 is 4.90 Å². The van der Waals surface area contributed by atoms with Crippen LogP contribution in [0.25, 0.3) is 22.3 Å². The van der Waals surface area contributed by atoms with E-state index in [4.69, 9.17) is 0 Å². The second-order valence-corrected chi connectivity index (χ2v) is 11.5. The molecule has 206 valence electrons. The largest absolute Gasteiger partial charge is 0.342 e. The van der Waals surface area contributed by atoms with Gasteiger partial charge in [-0.05, 0) is 95.4 Å². The number of hydrogen-bond donors (Lipinski definition) is 0. The van der Waals surface area contributed by atoms with E-state index in [0.717, 1.165) is 24.7 Å². The molecule has 4 rings (SSSR count). The molecule has 1 fully saturated rings. The summed E-state index contributed by atoms with van der Waals surface area (Å²) in [5, 5.41) is 0. The summed E-state index contributed by atoms with van der Waals surface area (Å²) < 4.78 is 0. The molecule has 0 radical (unpaired) electrons. The molecule has 0 spiro atoms. The number of unbranched alkanes of at least 4 members (excludes halogenated alkanes) is 2. The lowest BCUT2D eigenvalue weighted by Gasteiger charge is -2.29. The minimum absolute atomic E-state index is 0.0336. The van der Waals surface area contributed by atoms with Crippen LogP contribution >= 0.6 is 0 Å². The van der Waals surface area contributed by atoms with Crippen molar-refractivity contribution >= 4 is 5.91 Å². The van der Waals surface area contributed by atoms with Crippen molar-refractivity contribution in [2.45, 2.75) is 84.0 Å². The summed E-state index contributed by atoms with van der Waals surface area (Å²) in [6, 6.07) is 25.2. The zero-order valence-corrected chi connectivity index (χ0v) is 24.4. The van der Waals surface area contributed by atoms with E-state index in [1.165, 1.54) is 96.4 Å². The second kappa shape index (κ2) is 14.3. The minimum atomic E-state index is -0.0336. The third-order valence-corrected chi connectivity index (χ3v) is 8.82. The molecule has 39 heavy (non-hydrogen) atoms. The summed E-state index contributed by atoms with van der Waals surface area (Å²) in [5.41, 5.74) is 9.31. The summed E-state index contributed by atoms with van der Waals surface area (Å²) in [6.45, 7) is 8.81. The van der Waals surface area contributed by atoms with E-state index in [9.17, 15) is 4.79 Å². The van der Waals surface area contributed by atoms with E-state index >= 15 is 0 Å². The Bertz CT molecular complexity index is 1200. The Labute approximate surface area is 237 Å². The van der Waals surface area contributed by atoms with Crippen LogP contribution in [0, 0.1) is 5.92 Å². The van der Waals surface area contributed by atoms with Crippen LogP contribution < -0.4 is 0 Å². The zero-order chi connectivity index (χ0) is 27.6. The number of rotatable bonds is 12. The Morgan fingerprint density at radius 1 is 0.872 bits per heavy atom. The number of hydrogen-bond acceptors (Lipinski definition) is 1. The van der Waals surface area contributed by atoms with Crippen LogP contribution in [0.2, 0.25) is 0 Å². The molecule has 0 aromatic heterocycles. The molecule has 1 aliphatic rings. The van der Waals surface area contributed by atoms with Gasteiger partial charge in [0.15, 0.2) is 0 Å². The van der Waals surface area contributed by atoms with Crippen LogP contribution in [-0.2, 0) is 17.6 Å². The number of likely N-dealkylation sites (N-methyl/N-ethyl adjacent to an activating group) is 1. The molecule has 1 saturated carbocycles. The molecular weight excluding hydrogens is 474 g/mol. The summed E-state index contributed by atoms with van der Waals surface area (Å²) in [7, 11) is 1.82. The molecule has 0 N–H and O–H groups in total. The van der Waals surface area contributed by atoms with Crippen LogP contribution in [-0.4, -0.2) is 24.4 Å². The van der Waals surface area contributed by atoms with Crippen molar-refractivity contribution in [1.82, 2.24) is 4.90 Å². The topological polar surface area (TPSA) is 20.3 Å². The predicted octanol–water partition coefficient (Wildman–Crippen LogP) is 9.62. The van der Waals surface area contributed by atoms with Gasteiger partial charge in [-0.2, -0.15) is 0 Å². The highest BCUT2D eigenvalue weighted by atomic mass is 16.2. The summed E-state index contributed by atoms with van der Waals surface area (Å²) in [4.78, 5) is 13.4. The molecule has 0 saturated heterocycles. The first kappa shape index (κ1) is 28.9. The van der Waals surface area contributed by atoms with Crippen LogP contribution in [0.4, 0.5) is 0 Å². The van der Waals surface area contributed by atoms with E-state index in [2.05, 4.69) is 87.2 Å². The van der Waals surface area contributed by atoms with E-state index in [1.807, 2.05) is 7.05 Å². The molecule has 0 heterocycles. The Morgan fingerprint density at radius 3 is 2.18 bits per heavy atom. The number of carbonyl (C=O) groups excluding carboxylic acids is 1. The van der Waals surface area contributed by atoms with Crippen molar-refractivity contribution in [1.29, 1.82) is 0 Å². The van der Waals surface area contributed by atoms with Crippen molar-refractivity contribution in [2.24, 2.45) is 5.92 Å². The van der Waals surface area contributed by atoms with E-state index in [1.54, 1.807) is 4.90 Å². The van der Waals surface area contributed by atoms with Gasteiger partial charge in [0.05, 0.1) is 0 Å². The fraction of sp³-hybridized carbons (Fsp3) is 0.432. The quantitative estimate of drug-likeness (QED) is 0.172. The van der Waals surface area contributed by atoms with Gasteiger partial charge in [0.1, 0.15) is 0 Å². The lowest BCUT2D eigenvalue weighted by molar-refractivity contribution is -0.124. The summed E-state index contributed by atoms with van der Waals surface area (Å²) in [6.07, 6.45) is 14.3. The number of amides is 1. The molecule has 0 aliphatic heterocycles. The van der Waals surface area contributed by atoms with Crippen LogP contribution in [0.5, 0.6) is 0 Å². The maximum atomic E-state index is 11.7. The number of aryl methyl sites for hydroxylation is 1. The second-order valence-electron chi connectivity index (χ2n) is 11.5.